The first kappa shape index (κ1) is 18.7. The van der Waals surface area contributed by atoms with E-state index < -0.39 is 0 Å². The molecular formula is C23H25N2O2+. The molecule has 0 bridgehead atoms. The van der Waals surface area contributed by atoms with Crippen LogP contribution in [0.2, 0.25) is 0 Å². The van der Waals surface area contributed by atoms with Crippen LogP contribution in [0.25, 0.3) is 0 Å². The van der Waals surface area contributed by atoms with Crippen LogP contribution in [-0.4, -0.2) is 19.1 Å². The Morgan fingerprint density at radius 2 is 1.44 bits per heavy atom. The Labute approximate surface area is 160 Å². The lowest BCUT2D eigenvalue weighted by Gasteiger charge is -2.16. The van der Waals surface area contributed by atoms with Gasteiger partial charge in [0.05, 0.1) is 6.61 Å². The SMILES string of the molecule is CCOc1ccc(NC(=O)C[NH2+]C(c2ccccc2)c2ccccc2)cc1. The summed E-state index contributed by atoms with van der Waals surface area (Å²) in [5.41, 5.74) is 3.13. The number of hydrogen-bond donors (Lipinski definition) is 2. The molecule has 27 heavy (non-hydrogen) atoms. The van der Waals surface area contributed by atoms with Gasteiger partial charge < -0.3 is 15.4 Å². The number of ether oxygens (including phenoxy) is 1. The van der Waals surface area contributed by atoms with Crippen molar-refractivity contribution in [1.29, 1.82) is 0 Å². The van der Waals surface area contributed by atoms with Crippen molar-refractivity contribution in [1.82, 2.24) is 0 Å². The number of amides is 1. The fraction of sp³-hybridized carbons (Fsp3) is 0.174. The number of nitrogens with one attached hydrogen (secondary N) is 1. The summed E-state index contributed by atoms with van der Waals surface area (Å²) in [6.45, 7) is 2.91. The van der Waals surface area contributed by atoms with Gasteiger partial charge in [-0.15, -0.1) is 0 Å². The van der Waals surface area contributed by atoms with Crippen LogP contribution in [0.1, 0.15) is 24.1 Å². The summed E-state index contributed by atoms with van der Waals surface area (Å²) in [4.78, 5) is 12.4. The molecule has 4 heteroatoms. The number of hydrogen-bond acceptors (Lipinski definition) is 2. The van der Waals surface area contributed by atoms with E-state index in [9.17, 15) is 4.79 Å². The van der Waals surface area contributed by atoms with Gasteiger partial charge >= 0.3 is 0 Å². The predicted octanol–water partition coefficient (Wildman–Crippen LogP) is 3.38. The lowest BCUT2D eigenvalue weighted by Crippen LogP contribution is -2.87. The maximum atomic E-state index is 12.4. The third-order valence-corrected chi connectivity index (χ3v) is 4.31. The number of nitrogens with two attached hydrogens (primary N) is 1. The van der Waals surface area contributed by atoms with Crippen LogP contribution in [0.3, 0.4) is 0 Å². The van der Waals surface area contributed by atoms with Crippen LogP contribution in [-0.2, 0) is 4.79 Å². The smallest absolute Gasteiger partial charge is 0.279 e. The number of quaternary nitrogens is 1. The van der Waals surface area contributed by atoms with Crippen LogP contribution in [0.15, 0.2) is 84.9 Å². The van der Waals surface area contributed by atoms with Gasteiger partial charge in [-0.05, 0) is 31.2 Å². The van der Waals surface area contributed by atoms with Crippen molar-refractivity contribution >= 4 is 11.6 Å². The second-order valence-electron chi connectivity index (χ2n) is 6.24. The summed E-state index contributed by atoms with van der Waals surface area (Å²) in [7, 11) is 0. The minimum Gasteiger partial charge on any atom is -0.494 e. The fourth-order valence-corrected chi connectivity index (χ4v) is 3.02. The average molecular weight is 361 g/mol. The topological polar surface area (TPSA) is 54.9 Å². The van der Waals surface area contributed by atoms with Crippen LogP contribution in [0.4, 0.5) is 5.69 Å². The van der Waals surface area contributed by atoms with Gasteiger partial charge in [0, 0.05) is 16.8 Å². The monoisotopic (exact) mass is 361 g/mol. The molecule has 0 unspecified atom stereocenters. The summed E-state index contributed by atoms with van der Waals surface area (Å²) in [5.74, 6) is 0.770. The number of rotatable bonds is 8. The Kier molecular flexibility index (Phi) is 6.61. The Morgan fingerprint density at radius 3 is 1.96 bits per heavy atom. The summed E-state index contributed by atoms with van der Waals surface area (Å²) in [5, 5.41) is 5.01. The van der Waals surface area contributed by atoms with Crippen molar-refractivity contribution < 1.29 is 14.8 Å². The maximum absolute atomic E-state index is 12.4. The molecule has 4 nitrogen and oxygen atoms in total. The van der Waals surface area contributed by atoms with Gasteiger partial charge in [0.1, 0.15) is 11.8 Å². The van der Waals surface area contributed by atoms with Gasteiger partial charge in [0.2, 0.25) is 0 Å². The quantitative estimate of drug-likeness (QED) is 0.646. The molecule has 0 fully saturated rings. The summed E-state index contributed by atoms with van der Waals surface area (Å²) >= 11 is 0. The molecule has 0 atom stereocenters. The van der Waals surface area contributed by atoms with E-state index in [1.807, 2.05) is 67.6 Å². The minimum absolute atomic E-state index is 0.0315. The van der Waals surface area contributed by atoms with E-state index in [0.717, 1.165) is 11.4 Å². The molecule has 0 aliphatic rings. The fourth-order valence-electron chi connectivity index (χ4n) is 3.02. The second kappa shape index (κ2) is 9.55. The van der Waals surface area contributed by atoms with Crippen molar-refractivity contribution in [2.45, 2.75) is 13.0 Å². The summed E-state index contributed by atoms with van der Waals surface area (Å²) in [6, 6.07) is 28.0. The molecule has 3 aromatic rings. The largest absolute Gasteiger partial charge is 0.494 e. The lowest BCUT2D eigenvalue weighted by atomic mass is 9.99. The van der Waals surface area contributed by atoms with E-state index in [1.54, 1.807) is 0 Å². The number of carbonyl (C=O) groups excluding carboxylic acids is 1. The standard InChI is InChI=1S/C23H24N2O2/c1-2-27-21-15-13-20(14-16-21)25-22(26)17-24-23(18-9-5-3-6-10-18)19-11-7-4-8-12-19/h3-16,23-24H,2,17H2,1H3,(H,25,26)/p+1. The first-order valence-electron chi connectivity index (χ1n) is 9.22. The van der Waals surface area contributed by atoms with Crippen LogP contribution in [0, 0.1) is 0 Å². The van der Waals surface area contributed by atoms with Crippen molar-refractivity contribution in [3.05, 3.63) is 96.1 Å². The number of carbonyl (C=O) groups is 1. The molecule has 0 radical (unpaired) electrons. The molecule has 0 spiro atoms. The van der Waals surface area contributed by atoms with Crippen molar-refractivity contribution in [2.75, 3.05) is 18.5 Å². The Bertz CT molecular complexity index is 794. The third-order valence-electron chi connectivity index (χ3n) is 4.31. The Morgan fingerprint density at radius 1 is 0.889 bits per heavy atom. The van der Waals surface area contributed by atoms with Crippen LogP contribution >= 0.6 is 0 Å². The molecule has 0 aromatic heterocycles. The molecule has 3 N–H and O–H groups in total. The molecule has 0 saturated heterocycles. The van der Waals surface area contributed by atoms with Gasteiger partial charge in [-0.25, -0.2) is 0 Å². The van der Waals surface area contributed by atoms with Crippen molar-refractivity contribution in [3.63, 3.8) is 0 Å². The molecule has 1 amide bonds. The lowest BCUT2D eigenvalue weighted by molar-refractivity contribution is -0.676. The molecule has 0 saturated carbocycles. The zero-order valence-corrected chi connectivity index (χ0v) is 15.5. The highest BCUT2D eigenvalue weighted by molar-refractivity contribution is 5.91. The molecule has 138 valence electrons. The van der Waals surface area contributed by atoms with E-state index in [4.69, 9.17) is 4.74 Å². The summed E-state index contributed by atoms with van der Waals surface area (Å²) in [6.07, 6.45) is 0. The first-order chi connectivity index (χ1) is 13.3. The van der Waals surface area contributed by atoms with E-state index in [-0.39, 0.29) is 11.9 Å². The Hall–Kier alpha value is -3.11. The molecule has 0 aliphatic carbocycles. The first-order valence-corrected chi connectivity index (χ1v) is 9.22. The number of benzene rings is 3. The van der Waals surface area contributed by atoms with E-state index in [1.165, 1.54) is 11.1 Å². The highest BCUT2D eigenvalue weighted by Gasteiger charge is 2.18. The van der Waals surface area contributed by atoms with Gasteiger partial charge in [-0.2, -0.15) is 0 Å². The maximum Gasteiger partial charge on any atom is 0.279 e. The third kappa shape index (κ3) is 5.43. The molecule has 0 heterocycles. The van der Waals surface area contributed by atoms with E-state index in [2.05, 4.69) is 34.9 Å². The predicted molar refractivity (Wildman–Crippen MR) is 108 cm³/mol. The minimum atomic E-state index is -0.0315. The van der Waals surface area contributed by atoms with Crippen LogP contribution in [0.5, 0.6) is 5.75 Å². The average Bonchev–Trinajstić information content (AvgIpc) is 2.71. The highest BCUT2D eigenvalue weighted by Crippen LogP contribution is 2.18. The molecule has 0 aliphatic heterocycles. The van der Waals surface area contributed by atoms with Gasteiger partial charge in [0.25, 0.3) is 5.91 Å². The second-order valence-corrected chi connectivity index (χ2v) is 6.24. The zero-order chi connectivity index (χ0) is 18.9. The molecular weight excluding hydrogens is 336 g/mol. The zero-order valence-electron chi connectivity index (χ0n) is 15.5. The summed E-state index contributed by atoms with van der Waals surface area (Å²) < 4.78 is 5.42. The normalized spacial score (nSPS) is 10.6. The van der Waals surface area contributed by atoms with E-state index >= 15 is 0 Å². The van der Waals surface area contributed by atoms with Crippen molar-refractivity contribution in [2.24, 2.45) is 0 Å². The van der Waals surface area contributed by atoms with Gasteiger partial charge in [-0.1, -0.05) is 60.7 Å². The van der Waals surface area contributed by atoms with Gasteiger partial charge in [-0.3, -0.25) is 4.79 Å². The van der Waals surface area contributed by atoms with Gasteiger partial charge in [0.15, 0.2) is 6.54 Å². The molecule has 3 aromatic carbocycles. The molecule has 3 rings (SSSR count). The van der Waals surface area contributed by atoms with E-state index in [0.29, 0.717) is 13.2 Å². The Balaban J connectivity index is 1.64. The highest BCUT2D eigenvalue weighted by atomic mass is 16.5. The van der Waals surface area contributed by atoms with Crippen molar-refractivity contribution in [3.8, 4) is 5.75 Å². The number of anilines is 1. The van der Waals surface area contributed by atoms with Crippen LogP contribution < -0.4 is 15.4 Å².